The van der Waals surface area contributed by atoms with Crippen LogP contribution in [-0.4, -0.2) is 55.3 Å². The molecule has 0 amide bonds. The highest BCUT2D eigenvalue weighted by molar-refractivity contribution is 8.14. The third-order valence-corrected chi connectivity index (χ3v) is 7.59. The number of amidine groups is 1. The number of benzene rings is 2. The highest BCUT2D eigenvalue weighted by Crippen LogP contribution is 2.35. The molecular formula is C21H22N2O4S2. The molecule has 8 heteroatoms. The number of fused-ring (bicyclic) bond motifs is 1. The van der Waals surface area contributed by atoms with Crippen LogP contribution in [0.4, 0.5) is 5.69 Å². The Morgan fingerprint density at radius 1 is 1.17 bits per heavy atom. The number of hydrogen-bond acceptors (Lipinski definition) is 7. The number of rotatable bonds is 6. The summed E-state index contributed by atoms with van der Waals surface area (Å²) in [5.74, 6) is 1.63. The van der Waals surface area contributed by atoms with Gasteiger partial charge in [-0.05, 0) is 31.2 Å². The van der Waals surface area contributed by atoms with E-state index in [2.05, 4.69) is 0 Å². The third-order valence-electron chi connectivity index (χ3n) is 4.96. The molecule has 0 aromatic heterocycles. The van der Waals surface area contributed by atoms with E-state index >= 15 is 0 Å². The first kappa shape index (κ1) is 20.0. The number of para-hydroxylation sites is 1. The van der Waals surface area contributed by atoms with E-state index in [1.54, 1.807) is 17.8 Å². The van der Waals surface area contributed by atoms with E-state index in [1.807, 2.05) is 53.4 Å². The SMILES string of the molecule is CC(=O)c1cccc(N2C(SCCOc3ccccc3)=N[C@H]3CS(=O)(=O)C[C@H]32)c1. The number of nitrogens with zero attached hydrogens (tertiary/aromatic N) is 2. The lowest BCUT2D eigenvalue weighted by Crippen LogP contribution is -2.39. The summed E-state index contributed by atoms with van der Waals surface area (Å²) in [6.45, 7) is 2.04. The van der Waals surface area contributed by atoms with E-state index in [1.165, 1.54) is 6.92 Å². The van der Waals surface area contributed by atoms with Crippen LogP contribution in [-0.2, 0) is 9.84 Å². The minimum Gasteiger partial charge on any atom is -0.493 e. The van der Waals surface area contributed by atoms with Gasteiger partial charge in [-0.2, -0.15) is 0 Å². The van der Waals surface area contributed by atoms with Crippen molar-refractivity contribution in [3.63, 3.8) is 0 Å². The van der Waals surface area contributed by atoms with Gasteiger partial charge >= 0.3 is 0 Å². The molecule has 0 radical (unpaired) electrons. The minimum atomic E-state index is -3.11. The maximum atomic E-state index is 12.1. The molecule has 2 atom stereocenters. The van der Waals surface area contributed by atoms with Crippen LogP contribution in [0.2, 0.25) is 0 Å². The van der Waals surface area contributed by atoms with Crippen molar-refractivity contribution in [2.75, 3.05) is 28.8 Å². The molecule has 1 saturated heterocycles. The third kappa shape index (κ3) is 4.48. The van der Waals surface area contributed by atoms with E-state index in [0.717, 1.165) is 16.6 Å². The Labute approximate surface area is 174 Å². The van der Waals surface area contributed by atoms with Crippen LogP contribution in [0.5, 0.6) is 5.75 Å². The minimum absolute atomic E-state index is 0.0240. The largest absolute Gasteiger partial charge is 0.493 e. The number of aliphatic imine (C=N–C) groups is 1. The van der Waals surface area contributed by atoms with Crippen LogP contribution in [0.15, 0.2) is 59.6 Å². The first-order valence-corrected chi connectivity index (χ1v) is 12.2. The molecule has 0 N–H and O–H groups in total. The molecule has 0 saturated carbocycles. The maximum absolute atomic E-state index is 12.1. The number of ketones is 1. The highest BCUT2D eigenvalue weighted by Gasteiger charge is 2.47. The predicted molar refractivity (Wildman–Crippen MR) is 117 cm³/mol. The van der Waals surface area contributed by atoms with E-state index < -0.39 is 9.84 Å². The second-order valence-electron chi connectivity index (χ2n) is 7.11. The molecule has 6 nitrogen and oxygen atoms in total. The molecule has 0 aliphatic carbocycles. The van der Waals surface area contributed by atoms with E-state index in [9.17, 15) is 13.2 Å². The van der Waals surface area contributed by atoms with Crippen LogP contribution in [0.3, 0.4) is 0 Å². The summed E-state index contributed by atoms with van der Waals surface area (Å²) < 4.78 is 30.0. The van der Waals surface area contributed by atoms with E-state index in [0.29, 0.717) is 17.9 Å². The molecular weight excluding hydrogens is 408 g/mol. The summed E-state index contributed by atoms with van der Waals surface area (Å²) in [5.41, 5.74) is 1.40. The monoisotopic (exact) mass is 430 g/mol. The normalized spacial score (nSPS) is 22.2. The standard InChI is InChI=1S/C21H22N2O4S2/c1-15(24)16-6-5-7-17(12-16)23-20-14-29(25,26)13-19(20)22-21(23)28-11-10-27-18-8-3-2-4-9-18/h2-9,12,19-20H,10-11,13-14H2,1H3/t19-,20+/m0/s1. The van der Waals surface area contributed by atoms with Crippen molar-refractivity contribution in [1.82, 2.24) is 0 Å². The molecule has 1 fully saturated rings. The van der Waals surface area contributed by atoms with Gasteiger partial charge in [0.25, 0.3) is 0 Å². The van der Waals surface area contributed by atoms with E-state index in [4.69, 9.17) is 9.73 Å². The molecule has 2 aromatic rings. The highest BCUT2D eigenvalue weighted by atomic mass is 32.2. The molecule has 0 bridgehead atoms. The Morgan fingerprint density at radius 3 is 2.72 bits per heavy atom. The number of ether oxygens (including phenoxy) is 1. The zero-order valence-electron chi connectivity index (χ0n) is 16.0. The van der Waals surface area contributed by atoms with E-state index in [-0.39, 0.29) is 29.4 Å². The lowest BCUT2D eigenvalue weighted by Gasteiger charge is -2.26. The molecule has 0 spiro atoms. The second kappa shape index (κ2) is 8.20. The van der Waals surface area contributed by atoms with Gasteiger partial charge in [0.15, 0.2) is 20.8 Å². The van der Waals surface area contributed by atoms with Gasteiger partial charge in [0.05, 0.1) is 30.2 Å². The number of Topliss-reactive ketones (excluding diaryl/α,β-unsaturated/α-hetero) is 1. The van der Waals surface area contributed by atoms with Gasteiger partial charge in [-0.1, -0.05) is 42.1 Å². The van der Waals surface area contributed by atoms with Crippen molar-refractivity contribution < 1.29 is 17.9 Å². The van der Waals surface area contributed by atoms with Crippen LogP contribution in [0.1, 0.15) is 17.3 Å². The fraction of sp³-hybridized carbons (Fsp3) is 0.333. The van der Waals surface area contributed by atoms with Crippen molar-refractivity contribution >= 4 is 38.2 Å². The van der Waals surface area contributed by atoms with Gasteiger partial charge in [-0.3, -0.25) is 9.79 Å². The van der Waals surface area contributed by atoms with Gasteiger partial charge < -0.3 is 9.64 Å². The van der Waals surface area contributed by atoms with Gasteiger partial charge in [-0.15, -0.1) is 0 Å². The van der Waals surface area contributed by atoms with Gasteiger partial charge in [-0.25, -0.2) is 8.42 Å². The van der Waals surface area contributed by atoms with Gasteiger partial charge in [0.1, 0.15) is 5.75 Å². The molecule has 2 aliphatic rings. The lowest BCUT2D eigenvalue weighted by molar-refractivity contribution is 0.101. The number of sulfone groups is 1. The second-order valence-corrected chi connectivity index (χ2v) is 10.3. The summed E-state index contributed by atoms with van der Waals surface area (Å²) in [5, 5.41) is 0.785. The van der Waals surface area contributed by atoms with Gasteiger partial charge in [0, 0.05) is 17.0 Å². The van der Waals surface area contributed by atoms with Crippen molar-refractivity contribution in [2.24, 2.45) is 4.99 Å². The molecule has 2 aliphatic heterocycles. The van der Waals surface area contributed by atoms with Crippen LogP contribution in [0, 0.1) is 0 Å². The Morgan fingerprint density at radius 2 is 1.97 bits per heavy atom. The number of thioether (sulfide) groups is 1. The Balaban J connectivity index is 1.51. The van der Waals surface area contributed by atoms with Crippen molar-refractivity contribution in [3.05, 3.63) is 60.2 Å². The number of carbonyl (C=O) groups is 1. The molecule has 29 heavy (non-hydrogen) atoms. The molecule has 2 heterocycles. The Hall–Kier alpha value is -2.32. The summed E-state index contributed by atoms with van der Waals surface area (Å²) in [7, 11) is -3.11. The molecule has 0 unspecified atom stereocenters. The first-order chi connectivity index (χ1) is 13.9. The summed E-state index contributed by atoms with van der Waals surface area (Å²) in [6, 6.07) is 16.4. The number of carbonyl (C=O) groups excluding carboxylic acids is 1. The Kier molecular flexibility index (Phi) is 5.65. The van der Waals surface area contributed by atoms with Crippen LogP contribution in [0.25, 0.3) is 0 Å². The number of hydrogen-bond donors (Lipinski definition) is 0. The average molecular weight is 431 g/mol. The predicted octanol–water partition coefficient (Wildman–Crippen LogP) is 3.04. The summed E-state index contributed by atoms with van der Waals surface area (Å²) in [6.07, 6.45) is 0. The van der Waals surface area contributed by atoms with Gasteiger partial charge in [0.2, 0.25) is 0 Å². The van der Waals surface area contributed by atoms with Crippen molar-refractivity contribution in [3.8, 4) is 5.75 Å². The number of anilines is 1. The summed E-state index contributed by atoms with van der Waals surface area (Å²) in [4.78, 5) is 18.5. The lowest BCUT2D eigenvalue weighted by atomic mass is 10.1. The Bertz CT molecular complexity index is 1040. The maximum Gasteiger partial charge on any atom is 0.164 e. The van der Waals surface area contributed by atoms with Crippen molar-refractivity contribution in [2.45, 2.75) is 19.0 Å². The van der Waals surface area contributed by atoms with Crippen molar-refractivity contribution in [1.29, 1.82) is 0 Å². The van der Waals surface area contributed by atoms with Crippen LogP contribution >= 0.6 is 11.8 Å². The summed E-state index contributed by atoms with van der Waals surface area (Å²) >= 11 is 1.55. The van der Waals surface area contributed by atoms with Crippen LogP contribution < -0.4 is 9.64 Å². The topological polar surface area (TPSA) is 76.0 Å². The smallest absolute Gasteiger partial charge is 0.164 e. The first-order valence-electron chi connectivity index (χ1n) is 9.42. The average Bonchev–Trinajstić information content (AvgIpc) is 3.17. The fourth-order valence-electron chi connectivity index (χ4n) is 3.62. The zero-order chi connectivity index (χ0) is 20.4. The quantitative estimate of drug-likeness (QED) is 0.518. The zero-order valence-corrected chi connectivity index (χ0v) is 17.7. The molecule has 152 valence electrons. The molecule has 4 rings (SSSR count). The molecule has 2 aromatic carbocycles. The fourth-order valence-corrected chi connectivity index (χ4v) is 6.40.